The summed E-state index contributed by atoms with van der Waals surface area (Å²) < 4.78 is 0. The van der Waals surface area contributed by atoms with Crippen LogP contribution >= 0.6 is 0 Å². The number of aliphatic carboxylic acids is 2. The van der Waals surface area contributed by atoms with Crippen molar-refractivity contribution >= 4 is 11.9 Å². The van der Waals surface area contributed by atoms with E-state index in [2.05, 4.69) is 13.8 Å². The number of carbonyl (C=O) groups is 2. The molecule has 158 valence electrons. The summed E-state index contributed by atoms with van der Waals surface area (Å²) in [6, 6.07) is 0. The fourth-order valence-electron chi connectivity index (χ4n) is 1.75. The maximum atomic E-state index is 9.92. The monoisotopic (exact) mass is 409 g/mol. The summed E-state index contributed by atoms with van der Waals surface area (Å²) in [5.74, 6) is -1.84. The maximum Gasteiger partial charge on any atom is 3.00 e. The molecule has 9 heteroatoms. The van der Waals surface area contributed by atoms with Gasteiger partial charge < -0.3 is 44.4 Å². The molecule has 0 amide bonds. The third kappa shape index (κ3) is 59.8. The third-order valence-electron chi connectivity index (χ3n) is 2.97. The molecule has 0 saturated heterocycles. The molecule has 25 heavy (non-hydrogen) atoms. The number of hydrogen-bond acceptors (Lipinski definition) is 4. The summed E-state index contributed by atoms with van der Waals surface area (Å²) in [7, 11) is 0. The van der Waals surface area contributed by atoms with E-state index in [4.69, 9.17) is 0 Å². The van der Waals surface area contributed by atoms with Crippen molar-refractivity contribution in [2.75, 3.05) is 0 Å². The largest absolute Gasteiger partial charge is 3.00 e. The van der Waals surface area contributed by atoms with Crippen LogP contribution in [0.2, 0.25) is 0 Å². The molecule has 0 atom stereocenters. The van der Waals surface area contributed by atoms with Crippen LogP contribution in [0.25, 0.3) is 24.6 Å². The number of unbranched alkanes of at least 4 members (excludes halogenated alkanes) is 8. The first kappa shape index (κ1) is 44.1. The van der Waals surface area contributed by atoms with Crippen molar-refractivity contribution in [1.29, 1.82) is 0 Å². The SMILES string of the molecule is CCCCCCCC(=O)[O-].CCCCCCCC(=O)[O-].[Co+3].[NH2-].[NH2-].[NH2-].[NH2-]. The van der Waals surface area contributed by atoms with Gasteiger partial charge in [0.1, 0.15) is 0 Å². The second-order valence-electron chi connectivity index (χ2n) is 5.07. The molecule has 0 unspecified atom stereocenters. The molecule has 0 aliphatic carbocycles. The summed E-state index contributed by atoms with van der Waals surface area (Å²) >= 11 is 0. The van der Waals surface area contributed by atoms with E-state index in [1.54, 1.807) is 0 Å². The van der Waals surface area contributed by atoms with Crippen molar-refractivity contribution in [2.24, 2.45) is 0 Å². The van der Waals surface area contributed by atoms with Gasteiger partial charge in [-0.25, -0.2) is 0 Å². The van der Waals surface area contributed by atoms with Crippen LogP contribution in [-0.2, 0) is 26.4 Å². The number of carbonyl (C=O) groups excluding carboxylic acids is 2. The first-order valence-electron chi connectivity index (χ1n) is 7.94. The van der Waals surface area contributed by atoms with Crippen molar-refractivity contribution in [1.82, 2.24) is 0 Å². The van der Waals surface area contributed by atoms with Crippen LogP contribution < -0.4 is 10.2 Å². The number of rotatable bonds is 12. The second kappa shape index (κ2) is 38.7. The molecule has 0 rings (SSSR count). The van der Waals surface area contributed by atoms with Gasteiger partial charge in [0.2, 0.25) is 0 Å². The van der Waals surface area contributed by atoms with Crippen LogP contribution in [0, 0.1) is 0 Å². The van der Waals surface area contributed by atoms with Crippen LogP contribution in [0.4, 0.5) is 0 Å². The van der Waals surface area contributed by atoms with Crippen molar-refractivity contribution in [3.05, 3.63) is 24.6 Å². The summed E-state index contributed by atoms with van der Waals surface area (Å²) in [6.07, 6.45) is 11.2. The van der Waals surface area contributed by atoms with E-state index in [9.17, 15) is 19.8 Å². The van der Waals surface area contributed by atoms with Gasteiger partial charge in [0.25, 0.3) is 0 Å². The zero-order chi connectivity index (χ0) is 15.6. The molecular formula is C16H38CoN4O4-3. The molecular weight excluding hydrogens is 371 g/mol. The van der Waals surface area contributed by atoms with Crippen molar-refractivity contribution < 1.29 is 36.6 Å². The Kier molecular flexibility index (Phi) is 68.2. The van der Waals surface area contributed by atoms with Gasteiger partial charge in [-0.2, -0.15) is 0 Å². The van der Waals surface area contributed by atoms with Crippen LogP contribution in [0.5, 0.6) is 0 Å². The summed E-state index contributed by atoms with van der Waals surface area (Å²) in [6.45, 7) is 4.28. The minimum atomic E-state index is -0.920. The average Bonchev–Trinajstić information content (AvgIpc) is 2.38. The summed E-state index contributed by atoms with van der Waals surface area (Å²) in [5.41, 5.74) is 0. The molecule has 0 heterocycles. The minimum Gasteiger partial charge on any atom is -0.693 e. The summed E-state index contributed by atoms with van der Waals surface area (Å²) in [4.78, 5) is 19.8. The Morgan fingerprint density at radius 2 is 0.800 bits per heavy atom. The van der Waals surface area contributed by atoms with Crippen molar-refractivity contribution in [2.45, 2.75) is 90.9 Å². The zero-order valence-electron chi connectivity index (χ0n) is 15.8. The first-order valence-corrected chi connectivity index (χ1v) is 7.94. The smallest absolute Gasteiger partial charge is 0.693 e. The van der Waals surface area contributed by atoms with Crippen molar-refractivity contribution in [3.63, 3.8) is 0 Å². The fourth-order valence-corrected chi connectivity index (χ4v) is 1.75. The molecule has 0 saturated carbocycles. The van der Waals surface area contributed by atoms with E-state index in [1.165, 1.54) is 25.7 Å². The maximum absolute atomic E-state index is 9.92. The molecule has 0 radical (unpaired) electrons. The van der Waals surface area contributed by atoms with Gasteiger partial charge in [-0.1, -0.05) is 65.2 Å². The molecule has 0 aromatic heterocycles. The van der Waals surface area contributed by atoms with E-state index in [1.807, 2.05) is 0 Å². The summed E-state index contributed by atoms with van der Waals surface area (Å²) in [5, 5.41) is 19.8. The normalized spacial score (nSPS) is 7.76. The van der Waals surface area contributed by atoms with Gasteiger partial charge in [-0.05, 0) is 25.7 Å². The minimum absolute atomic E-state index is 0. The van der Waals surface area contributed by atoms with Crippen LogP contribution in [0.1, 0.15) is 90.9 Å². The zero-order valence-corrected chi connectivity index (χ0v) is 16.8. The fraction of sp³-hybridized carbons (Fsp3) is 0.875. The van der Waals surface area contributed by atoms with E-state index >= 15 is 0 Å². The molecule has 0 aromatic carbocycles. The van der Waals surface area contributed by atoms with Gasteiger partial charge in [-0.15, -0.1) is 0 Å². The Hall–Kier alpha value is -0.714. The second-order valence-corrected chi connectivity index (χ2v) is 5.07. The molecule has 0 aliphatic heterocycles. The Labute approximate surface area is 164 Å². The quantitative estimate of drug-likeness (QED) is 0.403. The topological polar surface area (TPSA) is 214 Å². The van der Waals surface area contributed by atoms with E-state index in [-0.39, 0.29) is 54.2 Å². The number of nitrogens with two attached hydrogens (primary N) is 4. The molecule has 8 nitrogen and oxygen atoms in total. The third-order valence-corrected chi connectivity index (χ3v) is 2.97. The Morgan fingerprint density at radius 3 is 1.00 bits per heavy atom. The van der Waals surface area contributed by atoms with Gasteiger partial charge in [-0.3, -0.25) is 0 Å². The number of carboxylic acid groups (broad SMARTS) is 2. The number of hydrogen-bond donors (Lipinski definition) is 0. The number of carboxylic acids is 2. The Morgan fingerprint density at radius 1 is 0.560 bits per heavy atom. The van der Waals surface area contributed by atoms with Gasteiger partial charge >= 0.3 is 16.8 Å². The van der Waals surface area contributed by atoms with Crippen LogP contribution in [-0.4, -0.2) is 11.9 Å². The molecule has 0 aliphatic rings. The first-order chi connectivity index (χ1) is 9.54. The molecule has 0 spiro atoms. The Bertz CT molecular complexity index is 224. The molecule has 8 N–H and O–H groups in total. The van der Waals surface area contributed by atoms with E-state index in [0.717, 1.165) is 38.5 Å². The molecule has 0 fully saturated rings. The Balaban J connectivity index is -0.0000000432. The predicted molar refractivity (Wildman–Crippen MR) is 97.9 cm³/mol. The standard InChI is InChI=1S/2C8H16O2.Co.4H2N/c2*1-2-3-4-5-6-7-8(9)10;;;;;/h2*2-7H2,1H3,(H,9,10);;4*1H2/q;;+3;4*-1/p-2. The van der Waals surface area contributed by atoms with Gasteiger partial charge in [0, 0.05) is 11.9 Å². The van der Waals surface area contributed by atoms with Crippen LogP contribution in [0.15, 0.2) is 0 Å². The van der Waals surface area contributed by atoms with Crippen LogP contribution in [0.3, 0.4) is 0 Å². The molecule has 0 aromatic rings. The predicted octanol–water partition coefficient (Wildman–Crippen LogP) is 5.06. The van der Waals surface area contributed by atoms with Crippen molar-refractivity contribution in [3.8, 4) is 0 Å². The molecule has 0 bridgehead atoms. The average molecular weight is 409 g/mol. The van der Waals surface area contributed by atoms with Gasteiger partial charge in [0.15, 0.2) is 0 Å². The van der Waals surface area contributed by atoms with Gasteiger partial charge in [0.05, 0.1) is 0 Å². The van der Waals surface area contributed by atoms with E-state index < -0.39 is 11.9 Å². The van der Waals surface area contributed by atoms with E-state index in [0.29, 0.717) is 0 Å².